The van der Waals surface area contributed by atoms with E-state index < -0.39 is 5.97 Å². The number of rotatable bonds is 4. The zero-order valence-electron chi connectivity index (χ0n) is 12.1. The third-order valence-corrected chi connectivity index (χ3v) is 3.93. The SMILES string of the molecule is CCOC(=O)c1cnc2ccnn2c1Nc1cccc(Cl)c1Cl. The van der Waals surface area contributed by atoms with Crippen molar-refractivity contribution < 1.29 is 9.53 Å². The van der Waals surface area contributed by atoms with Crippen LogP contribution in [0.3, 0.4) is 0 Å². The molecule has 6 nitrogen and oxygen atoms in total. The van der Waals surface area contributed by atoms with Crippen molar-refractivity contribution in [3.8, 4) is 0 Å². The molecule has 0 aliphatic heterocycles. The van der Waals surface area contributed by atoms with Crippen LogP contribution in [0.5, 0.6) is 0 Å². The number of fused-ring (bicyclic) bond motifs is 1. The van der Waals surface area contributed by atoms with Crippen molar-refractivity contribution in [1.29, 1.82) is 0 Å². The highest BCUT2D eigenvalue weighted by Gasteiger charge is 2.18. The van der Waals surface area contributed by atoms with E-state index in [0.29, 0.717) is 27.2 Å². The van der Waals surface area contributed by atoms with Gasteiger partial charge in [0.25, 0.3) is 0 Å². The highest BCUT2D eigenvalue weighted by atomic mass is 35.5. The number of anilines is 2. The Labute approximate surface area is 142 Å². The summed E-state index contributed by atoms with van der Waals surface area (Å²) in [5.41, 5.74) is 1.38. The zero-order chi connectivity index (χ0) is 16.4. The summed E-state index contributed by atoms with van der Waals surface area (Å²) in [7, 11) is 0. The molecule has 3 aromatic rings. The van der Waals surface area contributed by atoms with E-state index in [-0.39, 0.29) is 12.2 Å². The van der Waals surface area contributed by atoms with E-state index in [9.17, 15) is 4.79 Å². The molecule has 0 saturated carbocycles. The Bertz CT molecular complexity index is 879. The van der Waals surface area contributed by atoms with E-state index in [1.807, 2.05) is 0 Å². The lowest BCUT2D eigenvalue weighted by molar-refractivity contribution is 0.0526. The zero-order valence-corrected chi connectivity index (χ0v) is 13.6. The molecule has 0 saturated heterocycles. The normalized spacial score (nSPS) is 10.7. The molecule has 3 rings (SSSR count). The third kappa shape index (κ3) is 2.95. The van der Waals surface area contributed by atoms with E-state index >= 15 is 0 Å². The average Bonchev–Trinajstić information content (AvgIpc) is 3.01. The molecule has 1 N–H and O–H groups in total. The first kappa shape index (κ1) is 15.6. The van der Waals surface area contributed by atoms with Crippen molar-refractivity contribution in [2.45, 2.75) is 6.92 Å². The number of carbonyl (C=O) groups excluding carboxylic acids is 1. The van der Waals surface area contributed by atoms with Crippen molar-refractivity contribution in [2.75, 3.05) is 11.9 Å². The summed E-state index contributed by atoms with van der Waals surface area (Å²) in [5.74, 6) is -0.0966. The van der Waals surface area contributed by atoms with Gasteiger partial charge in [0.2, 0.25) is 0 Å². The number of nitrogens with one attached hydrogen (secondary N) is 1. The van der Waals surface area contributed by atoms with Crippen molar-refractivity contribution in [3.05, 3.63) is 52.3 Å². The van der Waals surface area contributed by atoms with E-state index in [4.69, 9.17) is 27.9 Å². The molecule has 23 heavy (non-hydrogen) atoms. The molecule has 0 aliphatic rings. The van der Waals surface area contributed by atoms with Gasteiger partial charge in [0.05, 0.1) is 28.5 Å². The summed E-state index contributed by atoms with van der Waals surface area (Å²) >= 11 is 12.2. The molecule has 0 atom stereocenters. The minimum Gasteiger partial charge on any atom is -0.462 e. The maximum atomic E-state index is 12.2. The smallest absolute Gasteiger partial charge is 0.343 e. The number of nitrogens with zero attached hydrogens (tertiary/aromatic N) is 3. The largest absolute Gasteiger partial charge is 0.462 e. The second-order valence-electron chi connectivity index (χ2n) is 4.57. The first-order chi connectivity index (χ1) is 11.1. The van der Waals surface area contributed by atoms with E-state index in [2.05, 4.69) is 15.4 Å². The van der Waals surface area contributed by atoms with Gasteiger partial charge in [0, 0.05) is 12.3 Å². The number of hydrogen-bond donors (Lipinski definition) is 1. The molecule has 0 spiro atoms. The predicted octanol–water partition coefficient (Wildman–Crippen LogP) is 3.96. The maximum Gasteiger partial charge on any atom is 0.343 e. The summed E-state index contributed by atoms with van der Waals surface area (Å²) in [4.78, 5) is 16.4. The molecular formula is C15H12Cl2N4O2. The monoisotopic (exact) mass is 350 g/mol. The van der Waals surface area contributed by atoms with Gasteiger partial charge in [-0.05, 0) is 19.1 Å². The van der Waals surface area contributed by atoms with Gasteiger partial charge in [-0.25, -0.2) is 9.78 Å². The molecule has 0 fully saturated rings. The van der Waals surface area contributed by atoms with E-state index in [1.54, 1.807) is 37.4 Å². The van der Waals surface area contributed by atoms with Crippen molar-refractivity contribution in [1.82, 2.24) is 14.6 Å². The fourth-order valence-corrected chi connectivity index (χ4v) is 2.43. The molecular weight excluding hydrogens is 339 g/mol. The lowest BCUT2D eigenvalue weighted by atomic mass is 10.2. The lowest BCUT2D eigenvalue weighted by Gasteiger charge is -2.14. The maximum absolute atomic E-state index is 12.2. The minimum absolute atomic E-state index is 0.249. The Hall–Kier alpha value is -2.31. The quantitative estimate of drug-likeness (QED) is 0.721. The number of esters is 1. The van der Waals surface area contributed by atoms with Crippen LogP contribution in [0.25, 0.3) is 5.65 Å². The first-order valence-corrected chi connectivity index (χ1v) is 7.58. The number of ether oxygens (including phenoxy) is 1. The summed E-state index contributed by atoms with van der Waals surface area (Å²) in [6.07, 6.45) is 3.03. The van der Waals surface area contributed by atoms with Crippen molar-refractivity contribution in [3.63, 3.8) is 0 Å². The number of hydrogen-bond acceptors (Lipinski definition) is 5. The fraction of sp³-hybridized carbons (Fsp3) is 0.133. The van der Waals surface area contributed by atoms with Gasteiger partial charge >= 0.3 is 5.97 Å². The van der Waals surface area contributed by atoms with Gasteiger partial charge in [0.1, 0.15) is 5.56 Å². The first-order valence-electron chi connectivity index (χ1n) is 6.82. The fourth-order valence-electron chi connectivity index (χ4n) is 2.08. The van der Waals surface area contributed by atoms with Crippen LogP contribution >= 0.6 is 23.2 Å². The van der Waals surface area contributed by atoms with Crippen LogP contribution in [0, 0.1) is 0 Å². The second kappa shape index (κ2) is 6.44. The Morgan fingerprint density at radius 3 is 2.96 bits per heavy atom. The van der Waals surface area contributed by atoms with Gasteiger partial charge in [-0.15, -0.1) is 0 Å². The van der Waals surface area contributed by atoms with Crippen LogP contribution in [0.1, 0.15) is 17.3 Å². The number of benzene rings is 1. The van der Waals surface area contributed by atoms with Crippen molar-refractivity contribution in [2.24, 2.45) is 0 Å². The van der Waals surface area contributed by atoms with Gasteiger partial charge in [-0.2, -0.15) is 9.61 Å². The van der Waals surface area contributed by atoms with Gasteiger partial charge in [-0.3, -0.25) is 0 Å². The third-order valence-electron chi connectivity index (χ3n) is 3.12. The second-order valence-corrected chi connectivity index (χ2v) is 5.35. The minimum atomic E-state index is -0.502. The number of halogens is 2. The van der Waals surface area contributed by atoms with Crippen LogP contribution in [0.4, 0.5) is 11.5 Å². The number of carbonyl (C=O) groups is 1. The van der Waals surface area contributed by atoms with Crippen LogP contribution in [0.2, 0.25) is 10.0 Å². The average molecular weight is 351 g/mol. The summed E-state index contributed by atoms with van der Waals surface area (Å²) in [6.45, 7) is 1.99. The molecule has 1 aromatic carbocycles. The standard InChI is InChI=1S/C15H12Cl2N4O2/c1-2-23-15(22)9-8-18-12-6-7-19-21(12)14(9)20-11-5-3-4-10(16)13(11)17/h3-8,20H,2H2,1H3. The van der Waals surface area contributed by atoms with E-state index in [0.717, 1.165) is 0 Å². The van der Waals surface area contributed by atoms with Gasteiger partial charge in [0.15, 0.2) is 11.5 Å². The Kier molecular flexibility index (Phi) is 4.36. The summed E-state index contributed by atoms with van der Waals surface area (Å²) in [6, 6.07) is 6.90. The predicted molar refractivity (Wildman–Crippen MR) is 88.7 cm³/mol. The van der Waals surface area contributed by atoms with Crippen molar-refractivity contribution >= 4 is 46.3 Å². The summed E-state index contributed by atoms with van der Waals surface area (Å²) < 4.78 is 6.57. The molecule has 2 heterocycles. The molecule has 8 heteroatoms. The Balaban J connectivity index is 2.13. The lowest BCUT2D eigenvalue weighted by Crippen LogP contribution is -2.12. The molecule has 0 aliphatic carbocycles. The number of aromatic nitrogens is 3. The molecule has 0 amide bonds. The molecule has 0 radical (unpaired) electrons. The van der Waals surface area contributed by atoms with E-state index in [1.165, 1.54) is 10.7 Å². The Morgan fingerprint density at radius 1 is 1.35 bits per heavy atom. The summed E-state index contributed by atoms with van der Waals surface area (Å²) in [5, 5.41) is 8.02. The molecule has 118 valence electrons. The van der Waals surface area contributed by atoms with Crippen LogP contribution in [-0.4, -0.2) is 27.2 Å². The topological polar surface area (TPSA) is 68.5 Å². The van der Waals surface area contributed by atoms with Gasteiger partial charge in [-0.1, -0.05) is 29.3 Å². The van der Waals surface area contributed by atoms with Crippen LogP contribution in [-0.2, 0) is 4.74 Å². The van der Waals surface area contributed by atoms with Crippen LogP contribution in [0.15, 0.2) is 36.7 Å². The van der Waals surface area contributed by atoms with Gasteiger partial charge < -0.3 is 10.1 Å². The molecule has 0 bridgehead atoms. The molecule has 2 aromatic heterocycles. The Morgan fingerprint density at radius 2 is 2.17 bits per heavy atom. The highest BCUT2D eigenvalue weighted by molar-refractivity contribution is 6.43. The highest BCUT2D eigenvalue weighted by Crippen LogP contribution is 2.32. The molecule has 0 unspecified atom stereocenters. The van der Waals surface area contributed by atoms with Crippen LogP contribution < -0.4 is 5.32 Å².